The Balaban J connectivity index is 1.56. The van der Waals surface area contributed by atoms with Crippen molar-refractivity contribution in [1.82, 2.24) is 10.2 Å². The van der Waals surface area contributed by atoms with Crippen LogP contribution < -0.4 is 5.32 Å². The minimum absolute atomic E-state index is 0.0109. The molecule has 2 amide bonds. The van der Waals surface area contributed by atoms with Crippen molar-refractivity contribution in [2.45, 2.75) is 55.8 Å². The second-order valence-corrected chi connectivity index (χ2v) is 11.5. The first kappa shape index (κ1) is 26.1. The first-order chi connectivity index (χ1) is 16.8. The number of hydrogen-bond donors (Lipinski definition) is 1. The summed E-state index contributed by atoms with van der Waals surface area (Å²) < 4.78 is 77.5. The molecule has 2 aliphatic rings. The zero-order valence-corrected chi connectivity index (χ0v) is 20.5. The summed E-state index contributed by atoms with van der Waals surface area (Å²) in [6, 6.07) is 4.84. The van der Waals surface area contributed by atoms with Gasteiger partial charge in [0.2, 0.25) is 5.91 Å². The van der Waals surface area contributed by atoms with Gasteiger partial charge in [-0.3, -0.25) is 9.59 Å². The average Bonchev–Trinajstić information content (AvgIpc) is 3.51. The summed E-state index contributed by atoms with van der Waals surface area (Å²) in [6.07, 6.45) is -1.37. The molecule has 1 heterocycles. The van der Waals surface area contributed by atoms with Crippen molar-refractivity contribution in [1.29, 1.82) is 0 Å². The van der Waals surface area contributed by atoms with E-state index in [9.17, 15) is 35.6 Å². The van der Waals surface area contributed by atoms with Gasteiger partial charge in [0.05, 0.1) is 16.5 Å². The predicted molar refractivity (Wildman–Crippen MR) is 123 cm³/mol. The van der Waals surface area contributed by atoms with Crippen molar-refractivity contribution in [2.75, 3.05) is 12.8 Å². The van der Waals surface area contributed by atoms with E-state index in [0.29, 0.717) is 37.3 Å². The van der Waals surface area contributed by atoms with E-state index in [2.05, 4.69) is 5.32 Å². The minimum Gasteiger partial charge on any atom is -0.347 e. The third-order valence-electron chi connectivity index (χ3n) is 6.74. The van der Waals surface area contributed by atoms with Crippen molar-refractivity contribution >= 4 is 21.7 Å². The molecule has 2 aromatic rings. The number of nitrogens with one attached hydrogen (secondary N) is 1. The van der Waals surface area contributed by atoms with Crippen molar-refractivity contribution in [2.24, 2.45) is 5.92 Å². The highest BCUT2D eigenvalue weighted by Gasteiger charge is 2.41. The smallest absolute Gasteiger partial charge is 0.347 e. The van der Waals surface area contributed by atoms with Crippen LogP contribution in [0.3, 0.4) is 0 Å². The molecule has 0 spiro atoms. The number of alkyl halides is 3. The van der Waals surface area contributed by atoms with Crippen molar-refractivity contribution in [3.63, 3.8) is 0 Å². The van der Waals surface area contributed by atoms with Gasteiger partial charge < -0.3 is 10.2 Å². The number of sulfone groups is 1. The van der Waals surface area contributed by atoms with Crippen molar-refractivity contribution < 1.29 is 35.6 Å². The van der Waals surface area contributed by atoms with Crippen LogP contribution in [-0.4, -0.2) is 44.0 Å². The molecule has 4 rings (SSSR count). The SMILES string of the molecule is Cc1ccc(S(C)(=O)=O)cc1C(=O)N1CCC[C@@H]1C(=O)N[C@@H](c1ccc(C(F)(F)F)cc1F)C1CC1. The van der Waals surface area contributed by atoms with E-state index in [1.54, 1.807) is 6.92 Å². The van der Waals surface area contributed by atoms with Gasteiger partial charge in [0, 0.05) is 23.9 Å². The number of rotatable bonds is 6. The maximum atomic E-state index is 14.7. The maximum Gasteiger partial charge on any atom is 0.416 e. The first-order valence-electron chi connectivity index (χ1n) is 11.6. The Bertz CT molecular complexity index is 1310. The Morgan fingerprint density at radius 1 is 1.08 bits per heavy atom. The van der Waals surface area contributed by atoms with E-state index in [-0.39, 0.29) is 28.5 Å². The quantitative estimate of drug-likeness (QED) is 0.565. The van der Waals surface area contributed by atoms with Gasteiger partial charge in [0.15, 0.2) is 9.84 Å². The third-order valence-corrected chi connectivity index (χ3v) is 7.85. The minimum atomic E-state index is -4.69. The summed E-state index contributed by atoms with van der Waals surface area (Å²) in [5.41, 5.74) is -0.401. The maximum absolute atomic E-state index is 14.7. The lowest BCUT2D eigenvalue weighted by molar-refractivity contribution is -0.137. The van der Waals surface area contributed by atoms with Gasteiger partial charge in [-0.15, -0.1) is 0 Å². The van der Waals surface area contributed by atoms with E-state index in [4.69, 9.17) is 0 Å². The van der Waals surface area contributed by atoms with E-state index < -0.39 is 51.3 Å². The summed E-state index contributed by atoms with van der Waals surface area (Å²) in [5.74, 6) is -2.16. The summed E-state index contributed by atoms with van der Waals surface area (Å²) in [6.45, 7) is 1.95. The van der Waals surface area contributed by atoms with Gasteiger partial charge in [0.25, 0.3) is 5.91 Å². The molecular formula is C25H26F4N2O4S. The molecule has 2 atom stereocenters. The number of carbonyl (C=O) groups excluding carboxylic acids is 2. The lowest BCUT2D eigenvalue weighted by atomic mass is 9.99. The molecule has 0 bridgehead atoms. The van der Waals surface area contributed by atoms with E-state index in [1.165, 1.54) is 23.1 Å². The third kappa shape index (κ3) is 5.40. The van der Waals surface area contributed by atoms with Crippen molar-refractivity contribution in [3.8, 4) is 0 Å². The van der Waals surface area contributed by atoms with E-state index in [1.807, 2.05) is 0 Å². The van der Waals surface area contributed by atoms with Gasteiger partial charge >= 0.3 is 6.18 Å². The first-order valence-corrected chi connectivity index (χ1v) is 13.4. The molecule has 11 heteroatoms. The molecule has 1 N–H and O–H groups in total. The molecular weight excluding hydrogens is 500 g/mol. The molecule has 194 valence electrons. The lowest BCUT2D eigenvalue weighted by Gasteiger charge is -2.28. The van der Waals surface area contributed by atoms with Crippen LogP contribution in [0.5, 0.6) is 0 Å². The van der Waals surface area contributed by atoms with Crippen LogP contribution >= 0.6 is 0 Å². The average molecular weight is 527 g/mol. The van der Waals surface area contributed by atoms with E-state index >= 15 is 0 Å². The molecule has 1 aliphatic carbocycles. The lowest BCUT2D eigenvalue weighted by Crippen LogP contribution is -2.47. The van der Waals surface area contributed by atoms with Crippen LogP contribution in [0.1, 0.15) is 58.8 Å². The largest absolute Gasteiger partial charge is 0.416 e. The van der Waals surface area contributed by atoms with Crippen LogP contribution in [0.25, 0.3) is 0 Å². The molecule has 2 aromatic carbocycles. The Labute approximate surface area is 206 Å². The highest BCUT2D eigenvalue weighted by molar-refractivity contribution is 7.90. The number of aryl methyl sites for hydroxylation is 1. The molecule has 6 nitrogen and oxygen atoms in total. The molecule has 0 unspecified atom stereocenters. The number of amides is 2. The van der Waals surface area contributed by atoms with Crippen LogP contribution in [0.15, 0.2) is 41.3 Å². The number of benzene rings is 2. The van der Waals surface area contributed by atoms with Crippen LogP contribution in [-0.2, 0) is 20.8 Å². The van der Waals surface area contributed by atoms with Gasteiger partial charge in [-0.05, 0) is 68.4 Å². The summed E-state index contributed by atoms with van der Waals surface area (Å²) in [4.78, 5) is 27.9. The second-order valence-electron chi connectivity index (χ2n) is 9.46. The summed E-state index contributed by atoms with van der Waals surface area (Å²) in [5, 5.41) is 2.77. The highest BCUT2D eigenvalue weighted by atomic mass is 32.2. The number of hydrogen-bond acceptors (Lipinski definition) is 4. The number of nitrogens with zero attached hydrogens (tertiary/aromatic N) is 1. The van der Waals surface area contributed by atoms with Gasteiger partial charge in [-0.1, -0.05) is 12.1 Å². The van der Waals surface area contributed by atoms with E-state index in [0.717, 1.165) is 18.4 Å². The molecule has 1 saturated heterocycles. The fourth-order valence-corrected chi connectivity index (χ4v) is 5.23. The Morgan fingerprint density at radius 3 is 2.36 bits per heavy atom. The Morgan fingerprint density at radius 2 is 1.78 bits per heavy atom. The van der Waals surface area contributed by atoms with Gasteiger partial charge in [0.1, 0.15) is 11.9 Å². The monoisotopic (exact) mass is 526 g/mol. The van der Waals surface area contributed by atoms with Crippen molar-refractivity contribution in [3.05, 3.63) is 64.5 Å². The fraction of sp³-hybridized carbons (Fsp3) is 0.440. The standard InChI is InChI=1S/C25H26F4N2O4S/c1-14-5-9-17(36(2,34)35)13-19(14)24(33)31-11-3-4-21(31)23(32)30-22(15-6-7-15)18-10-8-16(12-20(18)26)25(27,28)29/h5,8-10,12-13,15,21-22H,3-4,6-7,11H2,1-2H3,(H,30,32)/t21-,22-/m1/s1. The van der Waals surface area contributed by atoms with Crippen LogP contribution in [0, 0.1) is 18.7 Å². The van der Waals surface area contributed by atoms with Crippen LogP contribution in [0.4, 0.5) is 17.6 Å². The van der Waals surface area contributed by atoms with Gasteiger partial charge in [-0.2, -0.15) is 13.2 Å². The second kappa shape index (κ2) is 9.49. The molecule has 1 aliphatic heterocycles. The topological polar surface area (TPSA) is 83.6 Å². The predicted octanol–water partition coefficient (Wildman–Crippen LogP) is 4.43. The molecule has 0 radical (unpaired) electrons. The normalized spacial score (nSPS) is 19.3. The molecule has 0 aromatic heterocycles. The highest BCUT2D eigenvalue weighted by Crippen LogP contribution is 2.43. The molecule has 1 saturated carbocycles. The van der Waals surface area contributed by atoms with Crippen LogP contribution in [0.2, 0.25) is 0 Å². The Hall–Kier alpha value is -2.95. The fourth-order valence-electron chi connectivity index (χ4n) is 4.58. The Kier molecular flexibility index (Phi) is 6.89. The summed E-state index contributed by atoms with van der Waals surface area (Å²) in [7, 11) is -3.55. The zero-order chi connectivity index (χ0) is 26.4. The summed E-state index contributed by atoms with van der Waals surface area (Å²) >= 11 is 0. The number of carbonyl (C=O) groups is 2. The zero-order valence-electron chi connectivity index (χ0n) is 19.7. The number of likely N-dealkylation sites (tertiary alicyclic amines) is 1. The van der Waals surface area contributed by atoms with Gasteiger partial charge in [-0.25, -0.2) is 12.8 Å². The molecule has 36 heavy (non-hydrogen) atoms. The molecule has 2 fully saturated rings. The number of halogens is 4.